The quantitative estimate of drug-likeness (QED) is 0.647. The molecule has 1 aliphatic heterocycles. The van der Waals surface area contributed by atoms with Gasteiger partial charge >= 0.3 is 0 Å². The number of nitrogens with two attached hydrogens (primary N) is 1. The molecule has 0 unspecified atom stereocenters. The SMILES string of the molecule is CCc1cccc(NC(N)=NCCN2CCCCCC2)c1. The maximum atomic E-state index is 5.96. The molecule has 0 bridgehead atoms. The zero-order valence-corrected chi connectivity index (χ0v) is 13.1. The van der Waals surface area contributed by atoms with Gasteiger partial charge in [-0.2, -0.15) is 0 Å². The number of aliphatic imine (C=N–C) groups is 1. The highest BCUT2D eigenvalue weighted by atomic mass is 15.1. The van der Waals surface area contributed by atoms with Gasteiger partial charge in [-0.3, -0.25) is 4.99 Å². The summed E-state index contributed by atoms with van der Waals surface area (Å²) in [6.45, 7) is 6.35. The molecule has 0 saturated carbocycles. The Balaban J connectivity index is 1.77. The molecule has 4 nitrogen and oxygen atoms in total. The van der Waals surface area contributed by atoms with Gasteiger partial charge in [0, 0.05) is 12.2 Å². The Kier molecular flexibility index (Phi) is 6.54. The summed E-state index contributed by atoms with van der Waals surface area (Å²) < 4.78 is 0. The number of aryl methyl sites for hydroxylation is 1. The molecule has 1 aliphatic rings. The van der Waals surface area contributed by atoms with Crippen molar-refractivity contribution in [1.29, 1.82) is 0 Å². The smallest absolute Gasteiger partial charge is 0.193 e. The second-order valence-corrected chi connectivity index (χ2v) is 5.70. The molecule has 0 radical (unpaired) electrons. The monoisotopic (exact) mass is 288 g/mol. The van der Waals surface area contributed by atoms with Crippen LogP contribution in [0.2, 0.25) is 0 Å². The zero-order chi connectivity index (χ0) is 14.9. The first-order chi connectivity index (χ1) is 10.3. The number of benzene rings is 1. The van der Waals surface area contributed by atoms with Gasteiger partial charge < -0.3 is 16.0 Å². The molecule has 1 fully saturated rings. The lowest BCUT2D eigenvalue weighted by Gasteiger charge is -2.18. The van der Waals surface area contributed by atoms with Crippen LogP contribution in [0.25, 0.3) is 0 Å². The number of guanidine groups is 1. The van der Waals surface area contributed by atoms with E-state index in [2.05, 4.69) is 34.3 Å². The van der Waals surface area contributed by atoms with Crippen LogP contribution in [0, 0.1) is 0 Å². The molecule has 2 rings (SSSR count). The Hall–Kier alpha value is -1.55. The van der Waals surface area contributed by atoms with E-state index < -0.39 is 0 Å². The Morgan fingerprint density at radius 1 is 1.24 bits per heavy atom. The van der Waals surface area contributed by atoms with Crippen LogP contribution < -0.4 is 11.1 Å². The van der Waals surface area contributed by atoms with Gasteiger partial charge in [0.1, 0.15) is 0 Å². The van der Waals surface area contributed by atoms with Crippen LogP contribution in [0.15, 0.2) is 29.3 Å². The summed E-state index contributed by atoms with van der Waals surface area (Å²) in [5.41, 5.74) is 8.29. The van der Waals surface area contributed by atoms with Crippen molar-refractivity contribution in [1.82, 2.24) is 4.90 Å². The standard InChI is InChI=1S/C17H28N4/c1-2-15-8-7-9-16(14-15)20-17(18)19-10-13-21-11-5-3-4-6-12-21/h7-9,14H,2-6,10-13H2,1H3,(H3,18,19,20). The van der Waals surface area contributed by atoms with Crippen molar-refractivity contribution < 1.29 is 0 Å². The molecule has 0 aliphatic carbocycles. The minimum absolute atomic E-state index is 0.512. The van der Waals surface area contributed by atoms with E-state index in [9.17, 15) is 0 Å². The van der Waals surface area contributed by atoms with Gasteiger partial charge in [0.25, 0.3) is 0 Å². The first-order valence-electron chi connectivity index (χ1n) is 8.16. The fourth-order valence-corrected chi connectivity index (χ4v) is 2.73. The zero-order valence-electron chi connectivity index (χ0n) is 13.1. The van der Waals surface area contributed by atoms with Crippen molar-refractivity contribution in [2.24, 2.45) is 10.7 Å². The third-order valence-electron chi connectivity index (χ3n) is 4.00. The normalized spacial score (nSPS) is 17.5. The summed E-state index contributed by atoms with van der Waals surface area (Å²) in [5.74, 6) is 0.512. The van der Waals surface area contributed by atoms with Crippen LogP contribution in [0.5, 0.6) is 0 Å². The van der Waals surface area contributed by atoms with E-state index in [1.807, 2.05) is 12.1 Å². The third kappa shape index (κ3) is 5.76. The number of likely N-dealkylation sites (tertiary alicyclic amines) is 1. The number of hydrogen-bond acceptors (Lipinski definition) is 2. The second-order valence-electron chi connectivity index (χ2n) is 5.70. The molecule has 0 aromatic heterocycles. The molecule has 0 amide bonds. The summed E-state index contributed by atoms with van der Waals surface area (Å²) in [6.07, 6.45) is 6.42. The lowest BCUT2D eigenvalue weighted by molar-refractivity contribution is 0.293. The molecule has 1 aromatic carbocycles. The number of nitrogens with one attached hydrogen (secondary N) is 1. The molecule has 0 spiro atoms. The molecular weight excluding hydrogens is 260 g/mol. The molecule has 116 valence electrons. The van der Waals surface area contributed by atoms with E-state index >= 15 is 0 Å². The predicted molar refractivity (Wildman–Crippen MR) is 90.8 cm³/mol. The lowest BCUT2D eigenvalue weighted by Crippen LogP contribution is -2.29. The topological polar surface area (TPSA) is 53.6 Å². The van der Waals surface area contributed by atoms with Gasteiger partial charge in [0.15, 0.2) is 5.96 Å². The predicted octanol–water partition coefficient (Wildman–Crippen LogP) is 2.85. The molecule has 1 heterocycles. The molecule has 4 heteroatoms. The van der Waals surface area contributed by atoms with E-state index in [4.69, 9.17) is 5.73 Å². The fourth-order valence-electron chi connectivity index (χ4n) is 2.73. The maximum Gasteiger partial charge on any atom is 0.193 e. The van der Waals surface area contributed by atoms with Crippen molar-refractivity contribution in [3.8, 4) is 0 Å². The van der Waals surface area contributed by atoms with Gasteiger partial charge in [-0.15, -0.1) is 0 Å². The Morgan fingerprint density at radius 2 is 2.00 bits per heavy atom. The van der Waals surface area contributed by atoms with E-state index in [1.54, 1.807) is 0 Å². The Morgan fingerprint density at radius 3 is 2.71 bits per heavy atom. The van der Waals surface area contributed by atoms with Crippen LogP contribution in [0.4, 0.5) is 5.69 Å². The van der Waals surface area contributed by atoms with Crippen molar-refractivity contribution in [3.05, 3.63) is 29.8 Å². The van der Waals surface area contributed by atoms with Crippen LogP contribution in [-0.4, -0.2) is 37.0 Å². The Bertz CT molecular complexity index is 448. The largest absolute Gasteiger partial charge is 0.370 e. The molecule has 1 saturated heterocycles. The summed E-state index contributed by atoms with van der Waals surface area (Å²) in [7, 11) is 0. The number of rotatable bonds is 5. The van der Waals surface area contributed by atoms with Gasteiger partial charge in [-0.25, -0.2) is 0 Å². The van der Waals surface area contributed by atoms with Crippen LogP contribution >= 0.6 is 0 Å². The van der Waals surface area contributed by atoms with Gasteiger partial charge in [-0.05, 0) is 50.0 Å². The summed E-state index contributed by atoms with van der Waals surface area (Å²) in [6, 6.07) is 8.32. The van der Waals surface area contributed by atoms with Crippen LogP contribution in [-0.2, 0) is 6.42 Å². The van der Waals surface area contributed by atoms with Crippen molar-refractivity contribution >= 4 is 11.6 Å². The molecule has 3 N–H and O–H groups in total. The van der Waals surface area contributed by atoms with Gasteiger partial charge in [-0.1, -0.05) is 31.9 Å². The highest BCUT2D eigenvalue weighted by Gasteiger charge is 2.07. The molecular formula is C17H28N4. The summed E-state index contributed by atoms with van der Waals surface area (Å²) >= 11 is 0. The number of anilines is 1. The number of hydrogen-bond donors (Lipinski definition) is 2. The fraction of sp³-hybridized carbons (Fsp3) is 0.588. The highest BCUT2D eigenvalue weighted by Crippen LogP contribution is 2.11. The average molecular weight is 288 g/mol. The lowest BCUT2D eigenvalue weighted by atomic mass is 10.1. The highest BCUT2D eigenvalue weighted by molar-refractivity contribution is 5.92. The van der Waals surface area contributed by atoms with E-state index in [0.717, 1.165) is 25.2 Å². The third-order valence-corrected chi connectivity index (χ3v) is 4.00. The average Bonchev–Trinajstić information content (AvgIpc) is 2.76. The maximum absolute atomic E-state index is 5.96. The van der Waals surface area contributed by atoms with E-state index in [0.29, 0.717) is 5.96 Å². The van der Waals surface area contributed by atoms with Crippen molar-refractivity contribution in [2.45, 2.75) is 39.0 Å². The minimum Gasteiger partial charge on any atom is -0.370 e. The van der Waals surface area contributed by atoms with E-state index in [-0.39, 0.29) is 0 Å². The molecule has 0 atom stereocenters. The summed E-state index contributed by atoms with van der Waals surface area (Å²) in [5, 5.41) is 3.18. The second kappa shape index (κ2) is 8.67. The molecule has 1 aromatic rings. The van der Waals surface area contributed by atoms with Crippen molar-refractivity contribution in [3.63, 3.8) is 0 Å². The minimum atomic E-state index is 0.512. The van der Waals surface area contributed by atoms with Gasteiger partial charge in [0.05, 0.1) is 6.54 Å². The van der Waals surface area contributed by atoms with Crippen LogP contribution in [0.3, 0.4) is 0 Å². The Labute approximate surface area is 128 Å². The van der Waals surface area contributed by atoms with Crippen LogP contribution in [0.1, 0.15) is 38.2 Å². The summed E-state index contributed by atoms with van der Waals surface area (Å²) in [4.78, 5) is 6.94. The van der Waals surface area contributed by atoms with Gasteiger partial charge in [0.2, 0.25) is 0 Å². The molecule has 21 heavy (non-hydrogen) atoms. The number of nitrogens with zero attached hydrogens (tertiary/aromatic N) is 2. The first kappa shape index (κ1) is 15.8. The van der Waals surface area contributed by atoms with Crippen molar-refractivity contribution in [2.75, 3.05) is 31.5 Å². The van der Waals surface area contributed by atoms with E-state index in [1.165, 1.54) is 44.3 Å². The first-order valence-corrected chi connectivity index (χ1v) is 8.16.